The van der Waals surface area contributed by atoms with Crippen molar-refractivity contribution < 1.29 is 23.9 Å². The van der Waals surface area contributed by atoms with Crippen LogP contribution in [0.2, 0.25) is 0 Å². The third-order valence-electron chi connectivity index (χ3n) is 1.57. The summed E-state index contributed by atoms with van der Waals surface area (Å²) < 4.78 is 5.45. The van der Waals surface area contributed by atoms with Gasteiger partial charge in [0.25, 0.3) is 0 Å². The molecule has 0 aromatic heterocycles. The number of ether oxygens (including phenoxy) is 1. The highest BCUT2D eigenvalue weighted by molar-refractivity contribution is 7.81. The molecular formula is C9H17NO4S. The molecule has 15 heavy (non-hydrogen) atoms. The van der Waals surface area contributed by atoms with E-state index in [1.165, 1.54) is 0 Å². The molecule has 0 aliphatic carbocycles. The zero-order chi connectivity index (χ0) is 12.1. The zero-order valence-electron chi connectivity index (χ0n) is 9.23. The Balaban J connectivity index is 4.31. The third kappa shape index (κ3) is 8.26. The van der Waals surface area contributed by atoms with Crippen LogP contribution in [0.3, 0.4) is 0 Å². The first-order valence-corrected chi connectivity index (χ1v) is 5.18. The molecular weight excluding hydrogens is 218 g/mol. The Morgan fingerprint density at radius 3 is 2.27 bits per heavy atom. The molecule has 0 amide bonds. The lowest BCUT2D eigenvalue weighted by Crippen LogP contribution is -2.45. The summed E-state index contributed by atoms with van der Waals surface area (Å²) in [5.74, 6) is -1.79. The summed E-state index contributed by atoms with van der Waals surface area (Å²) in [5, 5.41) is 10.4. The van der Waals surface area contributed by atoms with E-state index in [1.54, 1.807) is 0 Å². The second-order valence-corrected chi connectivity index (χ2v) is 4.64. The van der Waals surface area contributed by atoms with Gasteiger partial charge in [-0.1, -0.05) is 0 Å². The lowest BCUT2D eigenvalue weighted by atomic mass is 10.2. The summed E-state index contributed by atoms with van der Waals surface area (Å²) in [7, 11) is 5.66. The number of carboxylic acids is 1. The summed E-state index contributed by atoms with van der Waals surface area (Å²) in [6.07, 6.45) is -0.940. The minimum atomic E-state index is -1.22. The van der Waals surface area contributed by atoms with Crippen LogP contribution in [-0.4, -0.2) is 56.0 Å². The maximum Gasteiger partial charge on any atom is 0.316 e. The van der Waals surface area contributed by atoms with Crippen molar-refractivity contribution in [2.45, 2.75) is 12.5 Å². The van der Waals surface area contributed by atoms with Crippen LogP contribution < -0.4 is 5.11 Å². The van der Waals surface area contributed by atoms with Gasteiger partial charge in [-0.25, -0.2) is 0 Å². The molecule has 0 rings (SSSR count). The van der Waals surface area contributed by atoms with Crippen molar-refractivity contribution in [2.24, 2.45) is 0 Å². The smallest absolute Gasteiger partial charge is 0.316 e. The Bertz CT molecular complexity index is 237. The molecule has 0 saturated heterocycles. The van der Waals surface area contributed by atoms with Gasteiger partial charge in [0.2, 0.25) is 0 Å². The first-order valence-electron chi connectivity index (χ1n) is 4.55. The number of hydrogen-bond donors (Lipinski definition) is 1. The van der Waals surface area contributed by atoms with Crippen LogP contribution in [0.5, 0.6) is 0 Å². The van der Waals surface area contributed by atoms with Crippen LogP contribution in [0.4, 0.5) is 0 Å². The standard InChI is InChI=1S/C9H17NO4S/c1-10(2,3)5-7(4-8(11)12)14-9(13)6-15/h7H,4-6H2,1-3H3,(H-,11,12,15). The number of esters is 1. The molecule has 0 fully saturated rings. The fourth-order valence-corrected chi connectivity index (χ4v) is 1.24. The van der Waals surface area contributed by atoms with E-state index < -0.39 is 18.0 Å². The fraction of sp³-hybridized carbons (Fsp3) is 0.778. The van der Waals surface area contributed by atoms with Gasteiger partial charge in [-0.05, 0) is 0 Å². The van der Waals surface area contributed by atoms with Crippen molar-refractivity contribution >= 4 is 24.6 Å². The number of carboxylic acid groups (broad SMARTS) is 1. The molecule has 0 aliphatic rings. The van der Waals surface area contributed by atoms with E-state index in [0.717, 1.165) is 0 Å². The second-order valence-electron chi connectivity index (χ2n) is 4.32. The van der Waals surface area contributed by atoms with Gasteiger partial charge in [0.1, 0.15) is 6.54 Å². The fourth-order valence-electron chi connectivity index (χ4n) is 1.16. The summed E-state index contributed by atoms with van der Waals surface area (Å²) in [6, 6.07) is 0. The molecule has 0 N–H and O–H groups in total. The first kappa shape index (κ1) is 14.2. The quantitative estimate of drug-likeness (QED) is 0.352. The number of nitrogens with zero attached hydrogens (tertiary/aromatic N) is 1. The van der Waals surface area contributed by atoms with Crippen molar-refractivity contribution in [1.82, 2.24) is 0 Å². The number of aliphatic carboxylic acids is 1. The summed E-state index contributed by atoms with van der Waals surface area (Å²) >= 11 is 3.75. The van der Waals surface area contributed by atoms with E-state index in [1.807, 2.05) is 21.1 Å². The highest BCUT2D eigenvalue weighted by Crippen LogP contribution is 2.05. The van der Waals surface area contributed by atoms with Crippen molar-refractivity contribution in [3.05, 3.63) is 0 Å². The van der Waals surface area contributed by atoms with Gasteiger partial charge in [0.15, 0.2) is 6.10 Å². The number of thiol groups is 1. The first-order chi connectivity index (χ1) is 6.74. The minimum Gasteiger partial charge on any atom is -0.550 e. The molecule has 0 aromatic carbocycles. The zero-order valence-corrected chi connectivity index (χ0v) is 10.1. The highest BCUT2D eigenvalue weighted by atomic mass is 32.1. The van der Waals surface area contributed by atoms with Gasteiger partial charge < -0.3 is 19.1 Å². The molecule has 1 unspecified atom stereocenters. The Morgan fingerprint density at radius 1 is 1.40 bits per heavy atom. The molecule has 1 atom stereocenters. The van der Waals surface area contributed by atoms with Gasteiger partial charge in [-0.3, -0.25) is 4.79 Å². The molecule has 0 aliphatic heterocycles. The second kappa shape index (κ2) is 5.97. The van der Waals surface area contributed by atoms with Gasteiger partial charge >= 0.3 is 5.97 Å². The molecule has 0 heterocycles. The van der Waals surface area contributed by atoms with Crippen molar-refractivity contribution in [3.8, 4) is 0 Å². The van der Waals surface area contributed by atoms with Gasteiger partial charge in [0, 0.05) is 12.4 Å². The summed E-state index contributed by atoms with van der Waals surface area (Å²) in [4.78, 5) is 21.4. The van der Waals surface area contributed by atoms with Crippen LogP contribution >= 0.6 is 12.6 Å². The predicted octanol–water partition coefficient (Wildman–Crippen LogP) is -1.33. The van der Waals surface area contributed by atoms with Crippen LogP contribution in [0.1, 0.15) is 6.42 Å². The monoisotopic (exact) mass is 235 g/mol. The average molecular weight is 235 g/mol. The lowest BCUT2D eigenvalue weighted by molar-refractivity contribution is -0.873. The number of hydrogen-bond acceptors (Lipinski definition) is 5. The number of rotatable bonds is 6. The van der Waals surface area contributed by atoms with Crippen LogP contribution in [0.25, 0.3) is 0 Å². The molecule has 6 heteroatoms. The van der Waals surface area contributed by atoms with Crippen molar-refractivity contribution in [3.63, 3.8) is 0 Å². The summed E-state index contributed by atoms with van der Waals surface area (Å²) in [5.41, 5.74) is 0. The third-order valence-corrected chi connectivity index (χ3v) is 1.83. The number of carbonyl (C=O) groups excluding carboxylic acids is 2. The maximum atomic E-state index is 11.0. The maximum absolute atomic E-state index is 11.0. The number of quaternary nitrogens is 1. The van der Waals surface area contributed by atoms with Crippen molar-refractivity contribution in [1.29, 1.82) is 0 Å². The van der Waals surface area contributed by atoms with E-state index in [9.17, 15) is 14.7 Å². The molecule has 0 spiro atoms. The molecule has 0 radical (unpaired) electrons. The Kier molecular flexibility index (Phi) is 5.67. The van der Waals surface area contributed by atoms with E-state index in [4.69, 9.17) is 4.74 Å². The van der Waals surface area contributed by atoms with Gasteiger partial charge in [0.05, 0.1) is 26.9 Å². The molecule has 5 nitrogen and oxygen atoms in total. The number of carbonyl (C=O) groups is 2. The Morgan fingerprint density at radius 2 is 1.93 bits per heavy atom. The number of likely N-dealkylation sites (N-methyl/N-ethyl adjacent to an activating group) is 1. The SMILES string of the molecule is C[N+](C)(C)CC(CC(=O)[O-])OC(=O)CS. The van der Waals surface area contributed by atoms with E-state index in [0.29, 0.717) is 11.0 Å². The predicted molar refractivity (Wildman–Crippen MR) is 56.3 cm³/mol. The topological polar surface area (TPSA) is 66.4 Å². The van der Waals surface area contributed by atoms with Crippen LogP contribution in [-0.2, 0) is 14.3 Å². The van der Waals surface area contributed by atoms with Gasteiger partial charge in [-0.2, -0.15) is 12.6 Å². The lowest BCUT2D eigenvalue weighted by Gasteiger charge is -2.29. The van der Waals surface area contributed by atoms with Crippen LogP contribution in [0, 0.1) is 0 Å². The normalized spacial score (nSPS) is 13.3. The molecule has 88 valence electrons. The Hall–Kier alpha value is -0.750. The van der Waals surface area contributed by atoms with E-state index in [2.05, 4.69) is 12.6 Å². The molecule has 0 saturated carbocycles. The van der Waals surface area contributed by atoms with Crippen molar-refractivity contribution in [2.75, 3.05) is 33.4 Å². The highest BCUT2D eigenvalue weighted by Gasteiger charge is 2.21. The average Bonchev–Trinajstić information content (AvgIpc) is 1.99. The Labute approximate surface area is 95.0 Å². The summed E-state index contributed by atoms with van der Waals surface area (Å²) in [6.45, 7) is 0.424. The molecule has 0 bridgehead atoms. The minimum absolute atomic E-state index is 0.0549. The van der Waals surface area contributed by atoms with Gasteiger partial charge in [-0.15, -0.1) is 0 Å². The van der Waals surface area contributed by atoms with Crippen LogP contribution in [0.15, 0.2) is 0 Å². The van der Waals surface area contributed by atoms with E-state index >= 15 is 0 Å². The largest absolute Gasteiger partial charge is 0.550 e. The molecule has 0 aromatic rings. The van der Waals surface area contributed by atoms with E-state index in [-0.39, 0.29) is 12.2 Å².